The number of nitrogens with zero attached hydrogens (tertiary/aromatic N) is 1. The molecule has 0 spiro atoms. The smallest absolute Gasteiger partial charge is 0.0927 e. The summed E-state index contributed by atoms with van der Waals surface area (Å²) in [6.07, 6.45) is 1.32. The molecule has 0 amide bonds. The number of halogens is 2. The minimum Gasteiger partial charge on any atom is -0.193 e. The van der Waals surface area contributed by atoms with Crippen LogP contribution in [0.25, 0.3) is 5.03 Å². The van der Waals surface area contributed by atoms with Crippen LogP contribution < -0.4 is 0 Å². The van der Waals surface area contributed by atoms with Gasteiger partial charge >= 0.3 is 0 Å². The quantitative estimate of drug-likeness (QED) is 0.700. The highest BCUT2D eigenvalue weighted by atomic mass is 79.9. The van der Waals surface area contributed by atoms with Gasteiger partial charge < -0.3 is 0 Å². The Kier molecular flexibility index (Phi) is 3.53. The number of hydrogen-bond donors (Lipinski definition) is 0. The summed E-state index contributed by atoms with van der Waals surface area (Å²) < 4.78 is 0.906. The van der Waals surface area contributed by atoms with Crippen LogP contribution in [0.5, 0.6) is 0 Å². The van der Waals surface area contributed by atoms with E-state index < -0.39 is 0 Å². The first kappa shape index (κ1) is 10.3. The van der Waals surface area contributed by atoms with E-state index in [2.05, 4.69) is 15.9 Å². The van der Waals surface area contributed by atoms with Crippen molar-refractivity contribution < 1.29 is 0 Å². The number of allylic oxidation sites excluding steroid dienone is 1. The van der Waals surface area contributed by atoms with Gasteiger partial charge in [0, 0.05) is 16.1 Å². The Morgan fingerprint density at radius 2 is 2.31 bits per heavy atom. The summed E-state index contributed by atoms with van der Waals surface area (Å²) in [6, 6.07) is 7.69. The van der Waals surface area contributed by atoms with E-state index in [1.54, 1.807) is 0 Å². The Morgan fingerprint density at radius 3 is 2.85 bits per heavy atom. The van der Waals surface area contributed by atoms with Gasteiger partial charge in [-0.15, -0.1) is 0 Å². The van der Waals surface area contributed by atoms with Gasteiger partial charge in [-0.3, -0.25) is 0 Å². The maximum atomic E-state index is 8.42. The summed E-state index contributed by atoms with van der Waals surface area (Å²) in [5, 5.41) is 8.87. The van der Waals surface area contributed by atoms with Gasteiger partial charge in [-0.25, -0.2) is 0 Å². The molecule has 3 heteroatoms. The highest BCUT2D eigenvalue weighted by Gasteiger charge is 2.02. The Hall–Kier alpha value is -0.780. The van der Waals surface area contributed by atoms with Gasteiger partial charge in [-0.05, 0) is 18.6 Å². The first-order chi connectivity index (χ1) is 6.15. The average Bonchev–Trinajstić information content (AvgIpc) is 2.04. The summed E-state index contributed by atoms with van der Waals surface area (Å²) in [5.74, 6) is 0. The summed E-state index contributed by atoms with van der Waals surface area (Å²) in [4.78, 5) is 0. The topological polar surface area (TPSA) is 23.8 Å². The van der Waals surface area contributed by atoms with E-state index in [0.717, 1.165) is 15.6 Å². The van der Waals surface area contributed by atoms with Crippen molar-refractivity contribution in [2.75, 3.05) is 0 Å². The lowest BCUT2D eigenvalue weighted by Crippen LogP contribution is -1.81. The molecule has 0 heterocycles. The molecule has 0 aromatic heterocycles. The fraction of sp³-hybridized carbons (Fsp3) is 0.100. The van der Waals surface area contributed by atoms with E-state index in [0.29, 0.717) is 5.03 Å². The van der Waals surface area contributed by atoms with E-state index in [-0.39, 0.29) is 0 Å². The molecule has 1 nitrogen and oxygen atoms in total. The normalized spacial score (nSPS) is 11.1. The third-order valence-electron chi connectivity index (χ3n) is 1.57. The van der Waals surface area contributed by atoms with E-state index in [1.807, 2.05) is 31.2 Å². The molecule has 66 valence electrons. The second-order valence-corrected chi connectivity index (χ2v) is 3.87. The maximum absolute atomic E-state index is 8.42. The molecule has 0 N–H and O–H groups in total. The van der Waals surface area contributed by atoms with Crippen molar-refractivity contribution in [1.82, 2.24) is 0 Å². The largest absolute Gasteiger partial charge is 0.193 e. The van der Waals surface area contributed by atoms with Crippen LogP contribution >= 0.6 is 27.5 Å². The molecule has 0 aliphatic heterocycles. The molecule has 0 saturated heterocycles. The third-order valence-corrected chi connectivity index (χ3v) is 2.54. The van der Waals surface area contributed by atoms with Gasteiger partial charge in [0.1, 0.15) is 0 Å². The van der Waals surface area contributed by atoms with Crippen LogP contribution in [0, 0.1) is 18.3 Å². The van der Waals surface area contributed by atoms with Gasteiger partial charge in [-0.2, -0.15) is 5.26 Å². The molecular formula is C10H7BrClN. The van der Waals surface area contributed by atoms with Crippen LogP contribution in [0.3, 0.4) is 0 Å². The van der Waals surface area contributed by atoms with Crippen LogP contribution in [-0.2, 0) is 0 Å². The highest BCUT2D eigenvalue weighted by Crippen LogP contribution is 2.27. The lowest BCUT2D eigenvalue weighted by molar-refractivity contribution is 1.43. The Balaban J connectivity index is 3.18. The zero-order chi connectivity index (χ0) is 9.84. The number of aryl methyl sites for hydroxylation is 1. The van der Waals surface area contributed by atoms with Crippen molar-refractivity contribution in [3.63, 3.8) is 0 Å². The zero-order valence-electron chi connectivity index (χ0n) is 7.01. The Morgan fingerprint density at radius 1 is 1.62 bits per heavy atom. The van der Waals surface area contributed by atoms with Gasteiger partial charge in [0.25, 0.3) is 0 Å². The molecule has 13 heavy (non-hydrogen) atoms. The van der Waals surface area contributed by atoms with Crippen LogP contribution in [-0.4, -0.2) is 0 Å². The van der Waals surface area contributed by atoms with Crippen molar-refractivity contribution in [3.8, 4) is 6.07 Å². The lowest BCUT2D eigenvalue weighted by Gasteiger charge is -2.02. The Bertz CT molecular complexity index is 390. The summed E-state index contributed by atoms with van der Waals surface area (Å²) >= 11 is 9.26. The van der Waals surface area contributed by atoms with Crippen molar-refractivity contribution in [2.24, 2.45) is 0 Å². The molecule has 1 aromatic carbocycles. The average molecular weight is 257 g/mol. The minimum absolute atomic E-state index is 0.453. The van der Waals surface area contributed by atoms with Crippen molar-refractivity contribution >= 4 is 32.6 Å². The molecule has 0 fully saturated rings. The third kappa shape index (κ3) is 2.58. The van der Waals surface area contributed by atoms with Gasteiger partial charge in [-0.1, -0.05) is 39.7 Å². The van der Waals surface area contributed by atoms with Crippen molar-refractivity contribution in [2.45, 2.75) is 6.92 Å². The molecule has 0 bridgehead atoms. The number of rotatable bonds is 1. The van der Waals surface area contributed by atoms with E-state index >= 15 is 0 Å². The predicted molar refractivity (Wildman–Crippen MR) is 58.3 cm³/mol. The minimum atomic E-state index is 0.453. The first-order valence-corrected chi connectivity index (χ1v) is 4.84. The molecule has 0 aliphatic carbocycles. The lowest BCUT2D eigenvalue weighted by atomic mass is 10.1. The summed E-state index contributed by atoms with van der Waals surface area (Å²) in [7, 11) is 0. The predicted octanol–water partition coefficient (Wildman–Crippen LogP) is 3.86. The van der Waals surface area contributed by atoms with E-state index in [1.165, 1.54) is 6.08 Å². The van der Waals surface area contributed by atoms with Crippen molar-refractivity contribution in [3.05, 3.63) is 39.9 Å². The van der Waals surface area contributed by atoms with E-state index in [9.17, 15) is 0 Å². The van der Waals surface area contributed by atoms with Gasteiger partial charge in [0.2, 0.25) is 0 Å². The standard InChI is InChI=1S/C10H7BrClN/c1-7-2-3-8(9(11)6-7)10(12)4-5-13/h2-4,6H,1H3/b10-4-. The van der Waals surface area contributed by atoms with Crippen molar-refractivity contribution in [1.29, 1.82) is 5.26 Å². The van der Waals surface area contributed by atoms with Gasteiger partial charge in [0.05, 0.1) is 11.1 Å². The molecule has 1 aromatic rings. The number of benzene rings is 1. The summed E-state index contributed by atoms with van der Waals surface area (Å²) in [6.45, 7) is 2.00. The van der Waals surface area contributed by atoms with Crippen LogP contribution in [0.1, 0.15) is 11.1 Å². The fourth-order valence-corrected chi connectivity index (χ4v) is 1.98. The number of hydrogen-bond acceptors (Lipinski definition) is 1. The number of nitriles is 1. The monoisotopic (exact) mass is 255 g/mol. The molecule has 0 unspecified atom stereocenters. The van der Waals surface area contributed by atoms with E-state index in [4.69, 9.17) is 16.9 Å². The van der Waals surface area contributed by atoms with Crippen LogP contribution in [0.4, 0.5) is 0 Å². The Labute approximate surface area is 90.8 Å². The molecule has 0 saturated carbocycles. The maximum Gasteiger partial charge on any atom is 0.0927 e. The van der Waals surface area contributed by atoms with Crippen LogP contribution in [0.2, 0.25) is 0 Å². The SMILES string of the molecule is Cc1ccc(/C(Cl)=C/C#N)c(Br)c1. The molecular weight excluding hydrogens is 249 g/mol. The second kappa shape index (κ2) is 4.45. The van der Waals surface area contributed by atoms with Crippen LogP contribution in [0.15, 0.2) is 28.7 Å². The zero-order valence-corrected chi connectivity index (χ0v) is 9.35. The first-order valence-electron chi connectivity index (χ1n) is 3.67. The summed E-state index contributed by atoms with van der Waals surface area (Å²) in [5.41, 5.74) is 1.99. The highest BCUT2D eigenvalue weighted by molar-refractivity contribution is 9.10. The van der Waals surface area contributed by atoms with Gasteiger partial charge in [0.15, 0.2) is 0 Å². The second-order valence-electron chi connectivity index (χ2n) is 2.60. The molecule has 0 atom stereocenters. The molecule has 1 rings (SSSR count). The fourth-order valence-electron chi connectivity index (χ4n) is 0.948. The molecule has 0 aliphatic rings. The molecule has 0 radical (unpaired) electrons.